The molecule has 1 aromatic heterocycles. The van der Waals surface area contributed by atoms with Crippen LogP contribution in [0.25, 0.3) is 28.0 Å². The molecule has 0 fully saturated rings. The standard InChI is InChI=1S/C31H27ClFN3O3/c1-18(31(38)39)4-2-7-27-29(19-8-12-23(33)13-9-19)35-26-15-10-21(17-28(26)34-27)30(37)36-25-6-3-5-20-16-22(32)11-14-24(20)25/h6,8-18H,2-5,7H2,1H3,(H,36,37)(H,38,39). The third-order valence-corrected chi connectivity index (χ3v) is 7.19. The maximum Gasteiger partial charge on any atom is 0.306 e. The second-order valence-electron chi connectivity index (χ2n) is 9.77. The lowest BCUT2D eigenvalue weighted by Gasteiger charge is -2.19. The quantitative estimate of drug-likeness (QED) is 0.253. The van der Waals surface area contributed by atoms with Crippen molar-refractivity contribution in [1.29, 1.82) is 0 Å². The van der Waals surface area contributed by atoms with Crippen LogP contribution < -0.4 is 5.32 Å². The monoisotopic (exact) mass is 543 g/mol. The highest BCUT2D eigenvalue weighted by atomic mass is 35.5. The number of aryl methyl sites for hydroxylation is 2. The molecule has 0 saturated carbocycles. The van der Waals surface area contributed by atoms with Crippen LogP contribution in [0.15, 0.2) is 66.7 Å². The van der Waals surface area contributed by atoms with E-state index in [0.717, 1.165) is 35.2 Å². The summed E-state index contributed by atoms with van der Waals surface area (Å²) in [7, 11) is 0. The van der Waals surface area contributed by atoms with Gasteiger partial charge >= 0.3 is 5.97 Å². The number of benzene rings is 3. The van der Waals surface area contributed by atoms with E-state index in [1.807, 2.05) is 24.3 Å². The summed E-state index contributed by atoms with van der Waals surface area (Å²) >= 11 is 6.15. The van der Waals surface area contributed by atoms with Crippen LogP contribution in [0.3, 0.4) is 0 Å². The summed E-state index contributed by atoms with van der Waals surface area (Å²) in [5.74, 6) is -1.92. The van der Waals surface area contributed by atoms with Crippen LogP contribution in [0.2, 0.25) is 5.02 Å². The number of hydrogen-bond donors (Lipinski definition) is 2. The summed E-state index contributed by atoms with van der Waals surface area (Å²) in [5.41, 5.74) is 6.42. The molecule has 1 aliphatic rings. The molecule has 1 unspecified atom stereocenters. The molecule has 0 saturated heterocycles. The molecular formula is C31H27ClFN3O3. The molecule has 0 radical (unpaired) electrons. The van der Waals surface area contributed by atoms with Gasteiger partial charge in [-0.05, 0) is 92.3 Å². The largest absolute Gasteiger partial charge is 0.481 e. The van der Waals surface area contributed by atoms with Gasteiger partial charge in [-0.1, -0.05) is 30.7 Å². The molecule has 1 heterocycles. The summed E-state index contributed by atoms with van der Waals surface area (Å²) in [4.78, 5) is 34.1. The van der Waals surface area contributed by atoms with Crippen LogP contribution in [0, 0.1) is 11.7 Å². The minimum atomic E-state index is -0.840. The van der Waals surface area contributed by atoms with Crippen molar-refractivity contribution in [2.75, 3.05) is 0 Å². The number of carboxylic acid groups (broad SMARTS) is 1. The van der Waals surface area contributed by atoms with Gasteiger partial charge in [-0.25, -0.2) is 14.4 Å². The van der Waals surface area contributed by atoms with E-state index in [-0.39, 0.29) is 11.7 Å². The number of amides is 1. The Bertz CT molecular complexity index is 1600. The maximum absolute atomic E-state index is 13.6. The van der Waals surface area contributed by atoms with Gasteiger partial charge < -0.3 is 10.4 Å². The second-order valence-corrected chi connectivity index (χ2v) is 10.2. The minimum Gasteiger partial charge on any atom is -0.481 e. The molecule has 0 aliphatic heterocycles. The fourth-order valence-corrected chi connectivity index (χ4v) is 4.97. The summed E-state index contributed by atoms with van der Waals surface area (Å²) in [6.45, 7) is 1.68. The fourth-order valence-electron chi connectivity index (χ4n) is 4.77. The van der Waals surface area contributed by atoms with Gasteiger partial charge in [-0.2, -0.15) is 0 Å². The lowest BCUT2D eigenvalue weighted by Crippen LogP contribution is -2.23. The van der Waals surface area contributed by atoms with Crippen molar-refractivity contribution in [3.63, 3.8) is 0 Å². The van der Waals surface area contributed by atoms with E-state index in [2.05, 4.69) is 5.32 Å². The summed E-state index contributed by atoms with van der Waals surface area (Å²) in [6.07, 6.45) is 5.27. The number of rotatable bonds is 8. The highest BCUT2D eigenvalue weighted by Crippen LogP contribution is 2.29. The van der Waals surface area contributed by atoms with Crippen molar-refractivity contribution < 1.29 is 19.1 Å². The highest BCUT2D eigenvalue weighted by Gasteiger charge is 2.18. The number of halogens is 2. The van der Waals surface area contributed by atoms with Crippen molar-refractivity contribution in [3.8, 4) is 11.3 Å². The lowest BCUT2D eigenvalue weighted by atomic mass is 9.94. The van der Waals surface area contributed by atoms with Crippen LogP contribution in [0.1, 0.15) is 53.4 Å². The van der Waals surface area contributed by atoms with Crippen molar-refractivity contribution >= 4 is 40.2 Å². The Hall–Kier alpha value is -4.10. The maximum atomic E-state index is 13.6. The number of nitrogens with zero attached hydrogens (tertiary/aromatic N) is 2. The van der Waals surface area contributed by atoms with E-state index in [1.165, 1.54) is 12.1 Å². The predicted molar refractivity (Wildman–Crippen MR) is 150 cm³/mol. The molecule has 4 aromatic rings. The number of aliphatic carboxylic acids is 1. The third-order valence-electron chi connectivity index (χ3n) is 6.96. The lowest BCUT2D eigenvalue weighted by molar-refractivity contribution is -0.141. The first-order chi connectivity index (χ1) is 18.8. The van der Waals surface area contributed by atoms with Gasteiger partial charge in [0, 0.05) is 27.4 Å². The first kappa shape index (κ1) is 26.5. The summed E-state index contributed by atoms with van der Waals surface area (Å²) < 4.78 is 13.6. The van der Waals surface area contributed by atoms with Crippen LogP contribution in [-0.2, 0) is 17.6 Å². The van der Waals surface area contributed by atoms with E-state index in [0.29, 0.717) is 52.3 Å². The number of carboxylic acids is 1. The van der Waals surface area contributed by atoms with Gasteiger partial charge in [0.15, 0.2) is 0 Å². The first-order valence-electron chi connectivity index (χ1n) is 12.9. The minimum absolute atomic E-state index is 0.257. The SMILES string of the molecule is CC(CCCc1nc2cc(C(=O)NC3=CCCc4cc(Cl)ccc43)ccc2nc1-c1ccc(F)cc1)C(=O)O. The average molecular weight is 544 g/mol. The smallest absolute Gasteiger partial charge is 0.306 e. The van der Waals surface area contributed by atoms with Crippen LogP contribution in [0.4, 0.5) is 4.39 Å². The van der Waals surface area contributed by atoms with E-state index in [9.17, 15) is 19.1 Å². The molecular weight excluding hydrogens is 517 g/mol. The zero-order valence-electron chi connectivity index (χ0n) is 21.4. The number of carbonyl (C=O) groups excluding carboxylic acids is 1. The van der Waals surface area contributed by atoms with Crippen molar-refractivity contribution in [1.82, 2.24) is 15.3 Å². The van der Waals surface area contributed by atoms with Crippen LogP contribution in [0.5, 0.6) is 0 Å². The summed E-state index contributed by atoms with van der Waals surface area (Å²) in [5, 5.41) is 12.9. The zero-order valence-corrected chi connectivity index (χ0v) is 22.1. The number of hydrogen-bond acceptors (Lipinski definition) is 4. The second kappa shape index (κ2) is 11.3. The van der Waals surface area contributed by atoms with Crippen molar-refractivity contribution in [3.05, 3.63) is 100.0 Å². The van der Waals surface area contributed by atoms with Gasteiger partial charge in [0.25, 0.3) is 5.91 Å². The molecule has 1 atom stereocenters. The third kappa shape index (κ3) is 5.99. The van der Waals surface area contributed by atoms with Crippen molar-refractivity contribution in [2.45, 2.75) is 39.0 Å². The molecule has 8 heteroatoms. The Morgan fingerprint density at radius 2 is 1.85 bits per heavy atom. The number of allylic oxidation sites excluding steroid dienone is 1. The van der Waals surface area contributed by atoms with Gasteiger partial charge in [0.2, 0.25) is 0 Å². The Morgan fingerprint density at radius 1 is 1.05 bits per heavy atom. The topological polar surface area (TPSA) is 92.2 Å². The molecule has 1 aliphatic carbocycles. The number of carbonyl (C=O) groups is 2. The normalized spacial score (nSPS) is 13.5. The molecule has 6 nitrogen and oxygen atoms in total. The van der Waals surface area contributed by atoms with E-state index in [1.54, 1.807) is 37.3 Å². The van der Waals surface area contributed by atoms with Gasteiger partial charge in [-0.3, -0.25) is 9.59 Å². The van der Waals surface area contributed by atoms with Gasteiger partial charge in [0.05, 0.1) is 28.3 Å². The Labute approximate surface area is 230 Å². The number of fused-ring (bicyclic) bond motifs is 2. The molecule has 1 amide bonds. The van der Waals surface area contributed by atoms with E-state index in [4.69, 9.17) is 21.6 Å². The Kier molecular flexibility index (Phi) is 7.70. The Morgan fingerprint density at radius 3 is 2.62 bits per heavy atom. The summed E-state index contributed by atoms with van der Waals surface area (Å²) in [6, 6.07) is 16.9. The molecule has 39 heavy (non-hydrogen) atoms. The molecule has 0 bridgehead atoms. The highest BCUT2D eigenvalue weighted by molar-refractivity contribution is 6.30. The molecule has 5 rings (SSSR count). The average Bonchev–Trinajstić information content (AvgIpc) is 2.92. The van der Waals surface area contributed by atoms with E-state index < -0.39 is 11.9 Å². The van der Waals surface area contributed by atoms with Crippen LogP contribution in [-0.4, -0.2) is 27.0 Å². The molecule has 2 N–H and O–H groups in total. The van der Waals surface area contributed by atoms with Gasteiger partial charge in [0.1, 0.15) is 5.82 Å². The number of aromatic nitrogens is 2. The molecule has 0 spiro atoms. The fraction of sp³-hybridized carbons (Fsp3) is 0.226. The number of nitrogens with one attached hydrogen (secondary N) is 1. The van der Waals surface area contributed by atoms with Gasteiger partial charge in [-0.15, -0.1) is 0 Å². The molecule has 3 aromatic carbocycles. The Balaban J connectivity index is 1.45. The first-order valence-corrected chi connectivity index (χ1v) is 13.3. The molecule has 198 valence electrons. The predicted octanol–water partition coefficient (Wildman–Crippen LogP) is 6.85. The zero-order chi connectivity index (χ0) is 27.5. The van der Waals surface area contributed by atoms with Crippen LogP contribution >= 0.6 is 11.6 Å². The van der Waals surface area contributed by atoms with E-state index >= 15 is 0 Å². The van der Waals surface area contributed by atoms with Crippen molar-refractivity contribution in [2.24, 2.45) is 5.92 Å².